The predicted molar refractivity (Wildman–Crippen MR) is 64.9 cm³/mol. The molecular weight excluding hydrogens is 232 g/mol. The van der Waals surface area contributed by atoms with E-state index in [0.717, 1.165) is 5.69 Å². The molecule has 1 aromatic rings. The number of nitrogens with zero attached hydrogens (tertiary/aromatic N) is 2. The summed E-state index contributed by atoms with van der Waals surface area (Å²) in [7, 11) is 0. The average molecular weight is 248 g/mol. The first-order valence-corrected chi connectivity index (χ1v) is 6.07. The van der Waals surface area contributed by atoms with Crippen molar-refractivity contribution in [2.45, 2.75) is 19.3 Å². The summed E-state index contributed by atoms with van der Waals surface area (Å²) in [5.41, 5.74) is 0.919. The third-order valence-electron chi connectivity index (χ3n) is 3.21. The highest BCUT2D eigenvalue weighted by Gasteiger charge is 2.29. The number of hydrogen-bond donors (Lipinski definition) is 1. The smallest absolute Gasteiger partial charge is 0.308 e. The lowest BCUT2D eigenvalue weighted by Gasteiger charge is -2.30. The number of amides is 1. The fourth-order valence-corrected chi connectivity index (χ4v) is 2.13. The first kappa shape index (κ1) is 12.5. The monoisotopic (exact) mass is 248 g/mol. The molecule has 1 atom stereocenters. The first-order valence-electron chi connectivity index (χ1n) is 6.07. The Morgan fingerprint density at radius 2 is 2.33 bits per heavy atom. The lowest BCUT2D eigenvalue weighted by molar-refractivity contribution is -0.147. The summed E-state index contributed by atoms with van der Waals surface area (Å²) in [6, 6.07) is 5.65. The van der Waals surface area contributed by atoms with Crippen molar-refractivity contribution in [3.8, 4) is 0 Å². The second-order valence-corrected chi connectivity index (χ2v) is 4.48. The maximum absolute atomic E-state index is 11.7. The number of aromatic nitrogens is 1. The van der Waals surface area contributed by atoms with E-state index in [2.05, 4.69) is 4.98 Å². The molecule has 2 rings (SSSR count). The van der Waals surface area contributed by atoms with Gasteiger partial charge in [-0.2, -0.15) is 0 Å². The minimum atomic E-state index is -0.815. The Morgan fingerprint density at radius 1 is 1.50 bits per heavy atom. The summed E-state index contributed by atoms with van der Waals surface area (Å²) < 4.78 is 0. The van der Waals surface area contributed by atoms with Crippen LogP contribution in [0, 0.1) is 5.92 Å². The van der Waals surface area contributed by atoms with Gasteiger partial charge in [-0.1, -0.05) is 6.07 Å². The van der Waals surface area contributed by atoms with Crippen molar-refractivity contribution in [2.75, 3.05) is 13.1 Å². The van der Waals surface area contributed by atoms with Crippen molar-refractivity contribution in [2.24, 2.45) is 5.92 Å². The van der Waals surface area contributed by atoms with E-state index in [4.69, 9.17) is 5.11 Å². The third-order valence-corrected chi connectivity index (χ3v) is 3.21. The number of carboxylic acid groups (broad SMARTS) is 1. The molecule has 1 saturated heterocycles. The molecule has 1 aromatic heterocycles. The third kappa shape index (κ3) is 3.06. The molecule has 1 fully saturated rings. The van der Waals surface area contributed by atoms with Crippen molar-refractivity contribution < 1.29 is 14.7 Å². The lowest BCUT2D eigenvalue weighted by Crippen LogP contribution is -2.43. The summed E-state index contributed by atoms with van der Waals surface area (Å²) in [5, 5.41) is 8.98. The van der Waals surface area contributed by atoms with Crippen LogP contribution in [0.5, 0.6) is 0 Å². The summed E-state index contributed by atoms with van der Waals surface area (Å²) in [6.45, 7) is 0.862. The number of pyridine rings is 1. The number of aliphatic carboxylic acids is 1. The largest absolute Gasteiger partial charge is 0.481 e. The second kappa shape index (κ2) is 5.62. The fraction of sp³-hybridized carbons (Fsp3) is 0.462. The van der Waals surface area contributed by atoms with Crippen LogP contribution in [-0.2, 0) is 16.0 Å². The van der Waals surface area contributed by atoms with Crippen LogP contribution in [0.4, 0.5) is 0 Å². The van der Waals surface area contributed by atoms with Gasteiger partial charge in [0.1, 0.15) is 0 Å². The maximum atomic E-state index is 11.7. The second-order valence-electron chi connectivity index (χ2n) is 4.48. The molecule has 5 heteroatoms. The molecule has 1 amide bonds. The number of carboxylic acids is 1. The zero-order chi connectivity index (χ0) is 13.0. The summed E-state index contributed by atoms with van der Waals surface area (Å²) in [5.74, 6) is -1.19. The van der Waals surface area contributed by atoms with E-state index in [1.54, 1.807) is 11.1 Å². The number of likely N-dealkylation sites (tertiary alicyclic amines) is 1. The van der Waals surface area contributed by atoms with Crippen LogP contribution >= 0.6 is 0 Å². The van der Waals surface area contributed by atoms with Gasteiger partial charge in [-0.05, 0) is 18.6 Å². The highest BCUT2D eigenvalue weighted by molar-refractivity contribution is 5.80. The van der Waals surface area contributed by atoms with Gasteiger partial charge in [-0.25, -0.2) is 0 Å². The number of carbonyl (C=O) groups excluding carboxylic acids is 1. The number of piperidine rings is 1. The molecule has 1 aliphatic heterocycles. The van der Waals surface area contributed by atoms with Crippen LogP contribution in [-0.4, -0.2) is 40.0 Å². The summed E-state index contributed by atoms with van der Waals surface area (Å²) in [4.78, 5) is 28.5. The predicted octanol–water partition coefficient (Wildman–Crippen LogP) is 0.947. The molecule has 1 aliphatic rings. The van der Waals surface area contributed by atoms with E-state index in [1.165, 1.54) is 0 Å². The van der Waals surface area contributed by atoms with Gasteiger partial charge >= 0.3 is 5.97 Å². The number of hydrogen-bond acceptors (Lipinski definition) is 3. The molecule has 0 saturated carbocycles. The quantitative estimate of drug-likeness (QED) is 0.861. The van der Waals surface area contributed by atoms with E-state index in [9.17, 15) is 9.59 Å². The van der Waals surface area contributed by atoms with Crippen molar-refractivity contribution in [3.05, 3.63) is 30.1 Å². The maximum Gasteiger partial charge on any atom is 0.308 e. The Balaban J connectivity index is 1.91. The molecule has 1 N–H and O–H groups in total. The molecule has 2 heterocycles. The Morgan fingerprint density at radius 3 is 3.00 bits per heavy atom. The van der Waals surface area contributed by atoms with E-state index < -0.39 is 11.9 Å². The fourth-order valence-electron chi connectivity index (χ4n) is 2.13. The van der Waals surface area contributed by atoms with Gasteiger partial charge < -0.3 is 10.0 Å². The van der Waals surface area contributed by atoms with Crippen LogP contribution in [0.25, 0.3) is 0 Å². The van der Waals surface area contributed by atoms with Gasteiger partial charge in [0.05, 0.1) is 5.92 Å². The van der Waals surface area contributed by atoms with Crippen LogP contribution in [0.2, 0.25) is 0 Å². The van der Waals surface area contributed by atoms with Gasteiger partial charge in [-0.3, -0.25) is 14.6 Å². The summed E-state index contributed by atoms with van der Waals surface area (Å²) in [6.07, 6.45) is 3.17. The van der Waals surface area contributed by atoms with Crippen molar-refractivity contribution in [3.63, 3.8) is 0 Å². The normalized spacial score (nSPS) is 19.9. The lowest BCUT2D eigenvalue weighted by atomic mass is 9.97. The molecule has 5 nitrogen and oxygen atoms in total. The Kier molecular flexibility index (Phi) is 3.92. The van der Waals surface area contributed by atoms with Crippen molar-refractivity contribution >= 4 is 11.9 Å². The minimum absolute atomic E-state index is 0.0448. The molecule has 0 bridgehead atoms. The topological polar surface area (TPSA) is 70.5 Å². The first-order chi connectivity index (χ1) is 8.66. The Labute approximate surface area is 105 Å². The van der Waals surface area contributed by atoms with Crippen LogP contribution in [0.3, 0.4) is 0 Å². The molecule has 1 unspecified atom stereocenters. The van der Waals surface area contributed by atoms with Crippen molar-refractivity contribution in [1.29, 1.82) is 0 Å². The van der Waals surface area contributed by atoms with Crippen LogP contribution in [0.1, 0.15) is 18.5 Å². The molecule has 0 radical (unpaired) electrons. The van der Waals surface area contributed by atoms with Gasteiger partial charge in [0.2, 0.25) is 5.91 Å². The Bertz CT molecular complexity index is 433. The van der Waals surface area contributed by atoms with E-state index >= 15 is 0 Å². The molecule has 0 aromatic carbocycles. The van der Waals surface area contributed by atoms with Gasteiger partial charge in [0.15, 0.2) is 0 Å². The molecular formula is C13H16N2O3. The number of carbonyl (C=O) groups is 2. The Hall–Kier alpha value is -1.91. The van der Waals surface area contributed by atoms with Crippen LogP contribution in [0.15, 0.2) is 24.4 Å². The zero-order valence-corrected chi connectivity index (χ0v) is 10.1. The standard InChI is InChI=1S/C13H16N2O3/c16-12-5-4-10(13(17)18)9-15(12)8-6-11-3-1-2-7-14-11/h1-3,7,10H,4-6,8-9H2,(H,17,18). The average Bonchev–Trinajstić information content (AvgIpc) is 2.38. The van der Waals surface area contributed by atoms with E-state index in [0.29, 0.717) is 32.4 Å². The van der Waals surface area contributed by atoms with E-state index in [1.807, 2.05) is 18.2 Å². The molecule has 96 valence electrons. The summed E-state index contributed by atoms with van der Waals surface area (Å²) >= 11 is 0. The number of rotatable bonds is 4. The van der Waals surface area contributed by atoms with Crippen molar-refractivity contribution in [1.82, 2.24) is 9.88 Å². The van der Waals surface area contributed by atoms with Gasteiger partial charge in [-0.15, -0.1) is 0 Å². The minimum Gasteiger partial charge on any atom is -0.481 e. The molecule has 0 spiro atoms. The van der Waals surface area contributed by atoms with Gasteiger partial charge in [0, 0.05) is 37.8 Å². The highest BCUT2D eigenvalue weighted by Crippen LogP contribution is 2.18. The molecule has 18 heavy (non-hydrogen) atoms. The SMILES string of the molecule is O=C(O)C1CCC(=O)N(CCc2ccccn2)C1. The zero-order valence-electron chi connectivity index (χ0n) is 10.1. The molecule has 0 aliphatic carbocycles. The van der Waals surface area contributed by atoms with E-state index in [-0.39, 0.29) is 5.91 Å². The van der Waals surface area contributed by atoms with Gasteiger partial charge in [0.25, 0.3) is 0 Å². The highest BCUT2D eigenvalue weighted by atomic mass is 16.4. The van der Waals surface area contributed by atoms with Crippen LogP contribution < -0.4 is 0 Å².